The summed E-state index contributed by atoms with van der Waals surface area (Å²) in [5.74, 6) is 0.264. The SMILES string of the molecule is Cc1c(-c2cc(-c3ccco3)nc3sc(C(=O)Nc4ccc(Br)cc4)c(N)c23)c(-c2cc(-c3ccco3)nc3sc(C(=O)Nc4ccc(Br)cc4)c(N)c23)nn1-c1ccccc1. The summed E-state index contributed by atoms with van der Waals surface area (Å²) in [6.45, 7) is 1.97. The van der Waals surface area contributed by atoms with Crippen LogP contribution in [0.2, 0.25) is 0 Å². The molecule has 0 atom stereocenters. The van der Waals surface area contributed by atoms with Crippen molar-refractivity contribution in [1.29, 1.82) is 0 Å². The molecule has 6 N–H and O–H groups in total. The van der Waals surface area contributed by atoms with Crippen molar-refractivity contribution in [2.45, 2.75) is 6.92 Å². The third-order valence-electron chi connectivity index (χ3n) is 10.2. The van der Waals surface area contributed by atoms with Gasteiger partial charge in [0.05, 0.1) is 29.6 Å². The number of nitrogens with zero attached hydrogens (tertiary/aromatic N) is 4. The Morgan fingerprint density at radius 3 is 1.61 bits per heavy atom. The molecule has 3 aromatic carbocycles. The molecule has 7 aromatic heterocycles. The lowest BCUT2D eigenvalue weighted by molar-refractivity contribution is 0.102. The van der Waals surface area contributed by atoms with Crippen LogP contribution in [-0.4, -0.2) is 31.6 Å². The van der Waals surface area contributed by atoms with Crippen LogP contribution in [0, 0.1) is 6.92 Å². The Labute approximate surface area is 377 Å². The highest BCUT2D eigenvalue weighted by Gasteiger charge is 2.30. The topological polar surface area (TPSA) is 180 Å². The zero-order valence-corrected chi connectivity index (χ0v) is 37.1. The Morgan fingerprint density at radius 2 is 1.13 bits per heavy atom. The van der Waals surface area contributed by atoms with Crippen molar-refractivity contribution in [2.24, 2.45) is 0 Å². The number of nitrogen functional groups attached to an aromatic ring is 2. The molecule has 16 heteroatoms. The fourth-order valence-corrected chi connectivity index (χ4v) is 9.90. The summed E-state index contributed by atoms with van der Waals surface area (Å²) < 4.78 is 15.4. The number of amides is 2. The summed E-state index contributed by atoms with van der Waals surface area (Å²) in [5, 5.41) is 12.4. The molecule has 0 aliphatic rings. The molecule has 304 valence electrons. The molecule has 0 saturated carbocycles. The summed E-state index contributed by atoms with van der Waals surface area (Å²) >= 11 is 9.27. The van der Waals surface area contributed by atoms with Crippen LogP contribution in [0.1, 0.15) is 25.0 Å². The van der Waals surface area contributed by atoms with Gasteiger partial charge < -0.3 is 30.9 Å². The van der Waals surface area contributed by atoms with E-state index in [1.165, 1.54) is 22.7 Å². The second kappa shape index (κ2) is 15.9. The number of furan rings is 2. The van der Waals surface area contributed by atoms with E-state index in [0.717, 1.165) is 20.3 Å². The highest BCUT2D eigenvalue weighted by Crippen LogP contribution is 2.49. The van der Waals surface area contributed by atoms with Crippen LogP contribution >= 0.6 is 54.5 Å². The monoisotopic (exact) mass is 980 g/mol. The number of pyridine rings is 2. The molecular formula is C46H30Br2N8O4S2. The van der Waals surface area contributed by atoms with Crippen LogP contribution in [0.25, 0.3) is 71.4 Å². The zero-order valence-electron chi connectivity index (χ0n) is 32.3. The Kier molecular flexibility index (Phi) is 10.1. The number of carbonyl (C=O) groups is 2. The molecule has 62 heavy (non-hydrogen) atoms. The van der Waals surface area contributed by atoms with Crippen LogP contribution in [0.4, 0.5) is 22.7 Å². The van der Waals surface area contributed by atoms with Crippen LogP contribution in [-0.2, 0) is 0 Å². The summed E-state index contributed by atoms with van der Waals surface area (Å²) in [7, 11) is 0. The first-order valence-corrected chi connectivity index (χ1v) is 22.2. The third kappa shape index (κ3) is 7.05. The van der Waals surface area contributed by atoms with E-state index in [1.54, 1.807) is 48.9 Å². The van der Waals surface area contributed by atoms with Gasteiger partial charge in [-0.25, -0.2) is 14.6 Å². The standard InChI is InChI=1S/C46H30Br2N8O4S2/c1-23-35(29-21-31(33-9-5-19-59-33)53-45-36(29)38(49)41(61-45)43(57)51-26-15-11-24(47)12-16-26)40(55-56(23)28-7-3-2-4-8-28)30-22-32(34-10-6-20-60-34)54-46-37(30)39(50)42(62-46)44(58)52-27-17-13-25(48)14-18-27/h2-22H,49-50H2,1H3,(H,51,57)(H,52,58). The number of hydrogen-bond donors (Lipinski definition) is 4. The second-order valence-corrected chi connectivity index (χ2v) is 17.9. The van der Waals surface area contributed by atoms with Crippen molar-refractivity contribution < 1.29 is 18.4 Å². The van der Waals surface area contributed by atoms with Gasteiger partial charge in [-0.1, -0.05) is 50.1 Å². The average Bonchev–Trinajstić information content (AvgIpc) is 4.14. The maximum Gasteiger partial charge on any atom is 0.267 e. The Bertz CT molecular complexity index is 3330. The van der Waals surface area contributed by atoms with Gasteiger partial charge in [-0.2, -0.15) is 5.10 Å². The first kappa shape index (κ1) is 39.3. The quantitative estimate of drug-likeness (QED) is 0.109. The van der Waals surface area contributed by atoms with Crippen LogP contribution in [0.5, 0.6) is 0 Å². The number of fused-ring (bicyclic) bond motifs is 2. The van der Waals surface area contributed by atoms with Crippen LogP contribution < -0.4 is 22.1 Å². The van der Waals surface area contributed by atoms with Crippen molar-refractivity contribution in [3.05, 3.63) is 152 Å². The minimum absolute atomic E-state index is 0.240. The van der Waals surface area contributed by atoms with Gasteiger partial charge in [-0.05, 0) is 104 Å². The smallest absolute Gasteiger partial charge is 0.267 e. The van der Waals surface area contributed by atoms with E-state index in [1.807, 2.05) is 90.5 Å². The summed E-state index contributed by atoms with van der Waals surface area (Å²) in [5.41, 5.74) is 20.8. The zero-order chi connectivity index (χ0) is 42.6. The molecule has 0 radical (unpaired) electrons. The van der Waals surface area contributed by atoms with E-state index in [-0.39, 0.29) is 32.9 Å². The average molecular weight is 983 g/mol. The molecule has 0 bridgehead atoms. The molecule has 0 spiro atoms. The maximum absolute atomic E-state index is 14.0. The number of rotatable bonds is 9. The molecular weight excluding hydrogens is 952 g/mol. The number of benzene rings is 3. The number of thiophene rings is 2. The van der Waals surface area contributed by atoms with E-state index in [0.29, 0.717) is 77.1 Å². The molecule has 12 nitrogen and oxygen atoms in total. The number of hydrogen-bond acceptors (Lipinski definition) is 11. The van der Waals surface area contributed by atoms with Gasteiger partial charge in [0.15, 0.2) is 11.5 Å². The number of aromatic nitrogens is 4. The number of halogens is 2. The van der Waals surface area contributed by atoms with Gasteiger partial charge in [0.1, 0.15) is 36.5 Å². The van der Waals surface area contributed by atoms with E-state index in [4.69, 9.17) is 35.4 Å². The Hall–Kier alpha value is -6.85. The molecule has 0 fully saturated rings. The van der Waals surface area contributed by atoms with Crippen molar-refractivity contribution in [3.63, 3.8) is 0 Å². The summed E-state index contributed by atoms with van der Waals surface area (Å²) in [6, 6.07) is 35.3. The molecule has 10 aromatic rings. The summed E-state index contributed by atoms with van der Waals surface area (Å²) in [6.07, 6.45) is 3.16. The molecule has 0 aliphatic heterocycles. The fourth-order valence-electron chi connectivity index (χ4n) is 7.34. The van der Waals surface area contributed by atoms with Gasteiger partial charge in [0.2, 0.25) is 0 Å². The van der Waals surface area contributed by atoms with Gasteiger partial charge >= 0.3 is 0 Å². The van der Waals surface area contributed by atoms with Gasteiger partial charge in [-0.15, -0.1) is 22.7 Å². The van der Waals surface area contributed by atoms with Gasteiger partial charge in [0.25, 0.3) is 11.8 Å². The lowest BCUT2D eigenvalue weighted by atomic mass is 9.94. The van der Waals surface area contributed by atoms with Gasteiger partial charge in [0, 0.05) is 53.5 Å². The van der Waals surface area contributed by atoms with E-state index < -0.39 is 0 Å². The Morgan fingerprint density at radius 1 is 0.645 bits per heavy atom. The molecule has 2 amide bonds. The highest BCUT2D eigenvalue weighted by atomic mass is 79.9. The normalized spacial score (nSPS) is 11.4. The van der Waals surface area contributed by atoms with E-state index in [9.17, 15) is 9.59 Å². The van der Waals surface area contributed by atoms with Crippen molar-refractivity contribution in [1.82, 2.24) is 19.7 Å². The predicted octanol–water partition coefficient (Wildman–Crippen LogP) is 12.4. The fraction of sp³-hybridized carbons (Fsp3) is 0.0217. The molecule has 0 saturated heterocycles. The van der Waals surface area contributed by atoms with Crippen LogP contribution in [0.15, 0.2) is 146 Å². The number of carbonyl (C=O) groups excluding carboxylic acids is 2. The minimum Gasteiger partial charge on any atom is -0.463 e. The number of para-hydroxylation sites is 1. The van der Waals surface area contributed by atoms with Crippen molar-refractivity contribution in [3.8, 4) is 51.0 Å². The predicted molar refractivity (Wildman–Crippen MR) is 254 cm³/mol. The highest BCUT2D eigenvalue weighted by molar-refractivity contribution is 9.10. The maximum atomic E-state index is 14.0. The lowest BCUT2D eigenvalue weighted by Crippen LogP contribution is -2.11. The number of nitrogens with two attached hydrogens (primary N) is 2. The first-order chi connectivity index (χ1) is 30.1. The largest absolute Gasteiger partial charge is 0.463 e. The van der Waals surface area contributed by atoms with Crippen LogP contribution in [0.3, 0.4) is 0 Å². The third-order valence-corrected chi connectivity index (χ3v) is 13.5. The molecule has 10 rings (SSSR count). The Balaban J connectivity index is 1.24. The summed E-state index contributed by atoms with van der Waals surface area (Å²) in [4.78, 5) is 39.6. The molecule has 0 aliphatic carbocycles. The first-order valence-electron chi connectivity index (χ1n) is 18.9. The van der Waals surface area contributed by atoms with Crippen molar-refractivity contribution in [2.75, 3.05) is 22.1 Å². The van der Waals surface area contributed by atoms with E-state index >= 15 is 0 Å². The number of anilines is 4. The lowest BCUT2D eigenvalue weighted by Gasteiger charge is -2.12. The van der Waals surface area contributed by atoms with E-state index in [2.05, 4.69) is 42.5 Å². The minimum atomic E-state index is -0.386. The van der Waals surface area contributed by atoms with Gasteiger partial charge in [-0.3, -0.25) is 9.59 Å². The molecule has 0 unspecified atom stereocenters. The number of nitrogens with one attached hydrogen (secondary N) is 2. The second-order valence-electron chi connectivity index (χ2n) is 14.1. The molecule has 7 heterocycles. The van der Waals surface area contributed by atoms with Crippen molar-refractivity contribution >= 4 is 110 Å².